The monoisotopic (exact) mass is 452 g/mol. The molecular formula is C11H18I2O3. The van der Waals surface area contributed by atoms with Crippen LogP contribution in [0, 0.1) is 5.92 Å². The van der Waals surface area contributed by atoms with Gasteiger partial charge in [0.15, 0.2) is 0 Å². The first-order chi connectivity index (χ1) is 7.56. The second kappa shape index (κ2) is 9.61. The molecule has 0 aliphatic carbocycles. The molecule has 0 aromatic rings. The van der Waals surface area contributed by atoms with E-state index in [0.29, 0.717) is 10.8 Å². The van der Waals surface area contributed by atoms with E-state index >= 15 is 0 Å². The minimum Gasteiger partial charge on any atom is -0.461 e. The Hall–Kier alpha value is 0.600. The Kier molecular flexibility index (Phi) is 9.97. The number of ether oxygens (including phenoxy) is 1. The molecule has 2 atom stereocenters. The van der Waals surface area contributed by atoms with Gasteiger partial charge in [0.25, 0.3) is 0 Å². The Labute approximate surface area is 124 Å². The summed E-state index contributed by atoms with van der Waals surface area (Å²) in [5.41, 5.74) is 0. The lowest BCUT2D eigenvalue weighted by Gasteiger charge is -2.22. The maximum atomic E-state index is 11.6. The number of rotatable bonds is 8. The molecule has 0 spiro atoms. The van der Waals surface area contributed by atoms with E-state index in [1.54, 1.807) is 0 Å². The van der Waals surface area contributed by atoms with E-state index in [2.05, 4.69) is 22.6 Å². The molecule has 94 valence electrons. The number of halogens is 2. The number of ketones is 1. The molecule has 0 amide bonds. The highest BCUT2D eigenvalue weighted by atomic mass is 127. The van der Waals surface area contributed by atoms with E-state index in [9.17, 15) is 9.59 Å². The summed E-state index contributed by atoms with van der Waals surface area (Å²) in [6, 6.07) is 0. The van der Waals surface area contributed by atoms with Gasteiger partial charge < -0.3 is 4.74 Å². The van der Waals surface area contributed by atoms with Gasteiger partial charge >= 0.3 is 5.97 Å². The summed E-state index contributed by atoms with van der Waals surface area (Å²) in [6.45, 7) is 3.69. The summed E-state index contributed by atoms with van der Waals surface area (Å²) in [7, 11) is 0. The number of carbonyl (C=O) groups is 2. The maximum Gasteiger partial charge on any atom is 0.316 e. The zero-order chi connectivity index (χ0) is 12.6. The third kappa shape index (κ3) is 6.36. The lowest BCUT2D eigenvalue weighted by molar-refractivity contribution is -0.150. The maximum absolute atomic E-state index is 11.6. The first kappa shape index (κ1) is 16.6. The summed E-state index contributed by atoms with van der Waals surface area (Å²) in [6.07, 6.45) is 2.01. The molecule has 0 heterocycles. The van der Waals surface area contributed by atoms with E-state index in [1.165, 1.54) is 0 Å². The molecule has 3 nitrogen and oxygen atoms in total. The van der Waals surface area contributed by atoms with Crippen LogP contribution in [-0.2, 0) is 14.3 Å². The number of esters is 1. The second-order valence-corrected chi connectivity index (χ2v) is 5.44. The van der Waals surface area contributed by atoms with Gasteiger partial charge in [0, 0.05) is 6.42 Å². The number of hydrogen-bond donors (Lipinski definition) is 0. The van der Waals surface area contributed by atoms with E-state index in [1.807, 2.05) is 36.4 Å². The molecule has 0 aromatic carbocycles. The van der Waals surface area contributed by atoms with Crippen molar-refractivity contribution in [2.24, 2.45) is 5.92 Å². The van der Waals surface area contributed by atoms with Crippen molar-refractivity contribution in [2.45, 2.75) is 39.2 Å². The minimum absolute atomic E-state index is 0.166. The second-order valence-electron chi connectivity index (χ2n) is 3.60. The number of alkyl halides is 2. The van der Waals surface area contributed by atoms with Crippen LogP contribution >= 0.6 is 45.2 Å². The normalized spacial score (nSPS) is 14.2. The van der Waals surface area contributed by atoms with Crippen LogP contribution in [0.1, 0.15) is 33.1 Å². The van der Waals surface area contributed by atoms with Gasteiger partial charge in [-0.15, -0.1) is 0 Å². The number of carbonyl (C=O) groups excluding carboxylic acids is 2. The molecular weight excluding hydrogens is 434 g/mol. The largest absolute Gasteiger partial charge is 0.461 e. The van der Waals surface area contributed by atoms with Crippen LogP contribution in [0.15, 0.2) is 0 Å². The highest BCUT2D eigenvalue weighted by Gasteiger charge is 2.25. The Morgan fingerprint density at radius 1 is 1.31 bits per heavy atom. The molecule has 0 radical (unpaired) electrons. The van der Waals surface area contributed by atoms with Crippen molar-refractivity contribution in [3.05, 3.63) is 0 Å². The van der Waals surface area contributed by atoms with Gasteiger partial charge in [-0.05, 0) is 17.3 Å². The van der Waals surface area contributed by atoms with Crippen molar-refractivity contribution >= 4 is 56.9 Å². The van der Waals surface area contributed by atoms with Gasteiger partial charge in [0.2, 0.25) is 0 Å². The summed E-state index contributed by atoms with van der Waals surface area (Å²) < 4.78 is 6.67. The van der Waals surface area contributed by atoms with Gasteiger partial charge in [-0.2, -0.15) is 0 Å². The molecule has 0 aliphatic rings. The molecule has 0 unspecified atom stereocenters. The smallest absolute Gasteiger partial charge is 0.316 e. The topological polar surface area (TPSA) is 43.4 Å². The van der Waals surface area contributed by atoms with Gasteiger partial charge in [-0.1, -0.05) is 59.0 Å². The first-order valence-electron chi connectivity index (χ1n) is 5.40. The Morgan fingerprint density at radius 3 is 2.38 bits per heavy atom. The molecule has 5 heteroatoms. The van der Waals surface area contributed by atoms with Gasteiger partial charge in [0.1, 0.15) is 11.9 Å². The molecule has 0 saturated heterocycles. The average Bonchev–Trinajstić information content (AvgIpc) is 2.31. The predicted octanol–water partition coefficient (Wildman–Crippen LogP) is 3.16. The predicted molar refractivity (Wildman–Crippen MR) is 81.4 cm³/mol. The summed E-state index contributed by atoms with van der Waals surface area (Å²) in [5, 5.41) is 0. The lowest BCUT2D eigenvalue weighted by atomic mass is 9.95. The molecule has 0 N–H and O–H groups in total. The average molecular weight is 452 g/mol. The van der Waals surface area contributed by atoms with Crippen molar-refractivity contribution in [2.75, 3.05) is 8.86 Å². The SMILES string of the molecule is CCC(=O)[C@H](C)[C@H](CCCI)OC(=O)CI. The van der Waals surface area contributed by atoms with E-state index in [-0.39, 0.29) is 23.8 Å². The molecule has 0 aliphatic heterocycles. The van der Waals surface area contributed by atoms with Crippen LogP contribution < -0.4 is 0 Å². The lowest BCUT2D eigenvalue weighted by Crippen LogP contribution is -2.31. The van der Waals surface area contributed by atoms with Crippen LogP contribution in [0.5, 0.6) is 0 Å². The minimum atomic E-state index is -0.246. The molecule has 0 fully saturated rings. The van der Waals surface area contributed by atoms with E-state index in [0.717, 1.165) is 17.3 Å². The van der Waals surface area contributed by atoms with Crippen molar-refractivity contribution in [3.8, 4) is 0 Å². The van der Waals surface area contributed by atoms with Crippen molar-refractivity contribution in [3.63, 3.8) is 0 Å². The van der Waals surface area contributed by atoms with E-state index < -0.39 is 0 Å². The Bertz CT molecular complexity index is 231. The fraction of sp³-hybridized carbons (Fsp3) is 0.818. The van der Waals surface area contributed by atoms with Crippen molar-refractivity contribution in [1.82, 2.24) is 0 Å². The van der Waals surface area contributed by atoms with Crippen LogP contribution in [0.25, 0.3) is 0 Å². The molecule has 0 saturated carbocycles. The van der Waals surface area contributed by atoms with Gasteiger partial charge in [-0.3, -0.25) is 9.59 Å². The summed E-state index contributed by atoms with van der Waals surface area (Å²) >= 11 is 4.26. The summed E-state index contributed by atoms with van der Waals surface area (Å²) in [4.78, 5) is 22.8. The van der Waals surface area contributed by atoms with Crippen LogP contribution in [0.4, 0.5) is 0 Å². The molecule has 0 aromatic heterocycles. The van der Waals surface area contributed by atoms with Crippen molar-refractivity contribution in [1.29, 1.82) is 0 Å². The molecule has 16 heavy (non-hydrogen) atoms. The van der Waals surface area contributed by atoms with E-state index in [4.69, 9.17) is 4.74 Å². The Balaban J connectivity index is 4.39. The number of hydrogen-bond acceptors (Lipinski definition) is 3. The van der Waals surface area contributed by atoms with Crippen LogP contribution in [0.3, 0.4) is 0 Å². The standard InChI is InChI=1S/C11H18I2O3/c1-3-9(14)8(2)10(5-4-6-12)16-11(15)7-13/h8,10H,3-7H2,1-2H3/t8-,10-/m0/s1. The molecule has 0 rings (SSSR count). The molecule has 0 bridgehead atoms. The highest BCUT2D eigenvalue weighted by Crippen LogP contribution is 2.17. The van der Waals surface area contributed by atoms with Crippen LogP contribution in [0.2, 0.25) is 0 Å². The summed E-state index contributed by atoms with van der Waals surface area (Å²) in [5.74, 6) is -0.241. The van der Waals surface area contributed by atoms with Crippen molar-refractivity contribution < 1.29 is 14.3 Å². The highest BCUT2D eigenvalue weighted by molar-refractivity contribution is 14.1. The van der Waals surface area contributed by atoms with Gasteiger partial charge in [0.05, 0.1) is 10.3 Å². The zero-order valence-corrected chi connectivity index (χ0v) is 14.0. The third-order valence-electron chi connectivity index (χ3n) is 2.43. The zero-order valence-electron chi connectivity index (χ0n) is 9.67. The third-order valence-corrected chi connectivity index (χ3v) is 3.81. The first-order valence-corrected chi connectivity index (χ1v) is 8.46. The quantitative estimate of drug-likeness (QED) is 0.323. The Morgan fingerprint density at radius 2 is 1.94 bits per heavy atom. The fourth-order valence-corrected chi connectivity index (χ4v) is 2.04. The fourth-order valence-electron chi connectivity index (χ4n) is 1.42. The van der Waals surface area contributed by atoms with Crippen LogP contribution in [-0.4, -0.2) is 26.7 Å². The van der Waals surface area contributed by atoms with Gasteiger partial charge in [-0.25, -0.2) is 0 Å². The number of Topliss-reactive ketones (excluding diaryl/α,β-unsaturated/α-hetero) is 1.